The van der Waals surface area contributed by atoms with Gasteiger partial charge in [-0.25, -0.2) is 0 Å². The predicted octanol–water partition coefficient (Wildman–Crippen LogP) is 2.34. The predicted molar refractivity (Wildman–Crippen MR) is 105 cm³/mol. The van der Waals surface area contributed by atoms with Crippen LogP contribution >= 0.6 is 11.3 Å². The highest BCUT2D eigenvalue weighted by atomic mass is 32.1. The number of thiophene rings is 1. The summed E-state index contributed by atoms with van der Waals surface area (Å²) in [6, 6.07) is 11.6. The third-order valence-electron chi connectivity index (χ3n) is 4.38. The van der Waals surface area contributed by atoms with Crippen LogP contribution in [-0.4, -0.2) is 60.9 Å². The zero-order chi connectivity index (χ0) is 18.2. The summed E-state index contributed by atoms with van der Waals surface area (Å²) in [6.45, 7) is 4.55. The van der Waals surface area contributed by atoms with Crippen LogP contribution in [0.2, 0.25) is 0 Å². The number of benzene rings is 1. The Morgan fingerprint density at radius 1 is 1.08 bits per heavy atom. The van der Waals surface area contributed by atoms with Crippen LogP contribution < -0.4 is 5.32 Å². The molecule has 1 fully saturated rings. The monoisotopic (exact) mass is 369 g/mol. The van der Waals surface area contributed by atoms with Crippen LogP contribution in [0.5, 0.6) is 0 Å². The van der Waals surface area contributed by atoms with Crippen LogP contribution in [0.1, 0.15) is 15.9 Å². The van der Waals surface area contributed by atoms with Crippen LogP contribution in [0.4, 0.5) is 0 Å². The third-order valence-corrected chi connectivity index (χ3v) is 5.06. The van der Waals surface area contributed by atoms with E-state index in [1.54, 1.807) is 17.4 Å². The Bertz CT molecular complexity index is 736. The number of hydrogen-bond donors (Lipinski definition) is 1. The number of rotatable bonds is 6. The molecular formula is C20H23N3O2S. The van der Waals surface area contributed by atoms with E-state index < -0.39 is 0 Å². The van der Waals surface area contributed by atoms with Gasteiger partial charge in [0.05, 0.1) is 5.56 Å². The Hall–Kier alpha value is -2.44. The summed E-state index contributed by atoms with van der Waals surface area (Å²) in [6.07, 6.45) is 3.37. The van der Waals surface area contributed by atoms with Crippen molar-refractivity contribution in [2.45, 2.75) is 0 Å². The smallest absolute Gasteiger partial charge is 0.254 e. The summed E-state index contributed by atoms with van der Waals surface area (Å²) in [5.74, 6) is 0.0328. The van der Waals surface area contributed by atoms with Crippen molar-refractivity contribution in [1.29, 1.82) is 0 Å². The van der Waals surface area contributed by atoms with Crippen LogP contribution in [0.15, 0.2) is 53.2 Å². The maximum absolute atomic E-state index is 12.3. The lowest BCUT2D eigenvalue weighted by atomic mass is 10.2. The maximum atomic E-state index is 12.3. The number of nitrogens with one attached hydrogen (secondary N) is 1. The SMILES string of the molecule is O=C(/C=C/c1ccccc1)NCCN1CCN(C(=O)c2ccsc2)CC1. The summed E-state index contributed by atoms with van der Waals surface area (Å²) >= 11 is 1.55. The van der Waals surface area contributed by atoms with E-state index >= 15 is 0 Å². The number of hydrogen-bond acceptors (Lipinski definition) is 4. The van der Waals surface area contributed by atoms with Crippen molar-refractivity contribution in [3.8, 4) is 0 Å². The van der Waals surface area contributed by atoms with E-state index in [4.69, 9.17) is 0 Å². The largest absolute Gasteiger partial charge is 0.351 e. The Labute approximate surface area is 157 Å². The second kappa shape index (κ2) is 9.31. The highest BCUT2D eigenvalue weighted by molar-refractivity contribution is 7.08. The molecule has 2 heterocycles. The van der Waals surface area contributed by atoms with Gasteiger partial charge >= 0.3 is 0 Å². The number of nitrogens with zero attached hydrogens (tertiary/aromatic N) is 2. The van der Waals surface area contributed by atoms with Crippen molar-refractivity contribution in [2.75, 3.05) is 39.3 Å². The van der Waals surface area contributed by atoms with Crippen LogP contribution in [0.25, 0.3) is 6.08 Å². The molecular weight excluding hydrogens is 346 g/mol. The van der Waals surface area contributed by atoms with E-state index in [1.165, 1.54) is 0 Å². The fourth-order valence-electron chi connectivity index (χ4n) is 2.88. The summed E-state index contributed by atoms with van der Waals surface area (Å²) in [7, 11) is 0. The molecule has 1 aliphatic rings. The molecule has 136 valence electrons. The lowest BCUT2D eigenvalue weighted by molar-refractivity contribution is -0.116. The van der Waals surface area contributed by atoms with Gasteiger partial charge in [0, 0.05) is 50.7 Å². The lowest BCUT2D eigenvalue weighted by Crippen LogP contribution is -2.50. The average Bonchev–Trinajstić information content (AvgIpc) is 3.22. The summed E-state index contributed by atoms with van der Waals surface area (Å²) in [4.78, 5) is 28.4. The number of carbonyl (C=O) groups excluding carboxylic acids is 2. The van der Waals surface area contributed by atoms with Gasteiger partial charge in [0.2, 0.25) is 5.91 Å². The van der Waals surface area contributed by atoms with E-state index in [9.17, 15) is 9.59 Å². The molecule has 2 amide bonds. The molecule has 0 bridgehead atoms. The second-order valence-corrected chi connectivity index (χ2v) is 6.96. The van der Waals surface area contributed by atoms with Crippen molar-refractivity contribution in [2.24, 2.45) is 0 Å². The van der Waals surface area contributed by atoms with Crippen molar-refractivity contribution >= 4 is 29.2 Å². The topological polar surface area (TPSA) is 52.7 Å². The van der Waals surface area contributed by atoms with Crippen LogP contribution in [0.3, 0.4) is 0 Å². The zero-order valence-electron chi connectivity index (χ0n) is 14.6. The molecule has 0 unspecified atom stereocenters. The Balaban J connectivity index is 1.34. The van der Waals surface area contributed by atoms with Gasteiger partial charge in [-0.1, -0.05) is 30.3 Å². The summed E-state index contributed by atoms with van der Waals surface area (Å²) in [5.41, 5.74) is 1.79. The van der Waals surface area contributed by atoms with E-state index in [2.05, 4.69) is 10.2 Å². The standard InChI is InChI=1S/C20H23N3O2S/c24-19(7-6-17-4-2-1-3-5-17)21-9-10-22-11-13-23(14-12-22)20(25)18-8-15-26-16-18/h1-8,15-16H,9-14H2,(H,21,24)/b7-6+. The average molecular weight is 369 g/mol. The molecule has 1 aromatic heterocycles. The Morgan fingerprint density at radius 3 is 2.54 bits per heavy atom. The van der Waals surface area contributed by atoms with Crippen molar-refractivity contribution in [1.82, 2.24) is 15.1 Å². The van der Waals surface area contributed by atoms with Gasteiger partial charge in [0.1, 0.15) is 0 Å². The minimum atomic E-state index is -0.0832. The van der Waals surface area contributed by atoms with Gasteiger partial charge in [-0.05, 0) is 23.1 Å². The summed E-state index contributed by atoms with van der Waals surface area (Å²) < 4.78 is 0. The fraction of sp³-hybridized carbons (Fsp3) is 0.300. The number of piperazine rings is 1. The molecule has 0 spiro atoms. The van der Waals surface area contributed by atoms with Gasteiger partial charge in [0.25, 0.3) is 5.91 Å². The van der Waals surface area contributed by atoms with E-state index in [0.717, 1.165) is 43.9 Å². The molecule has 1 N–H and O–H groups in total. The van der Waals surface area contributed by atoms with Crippen molar-refractivity contribution in [3.63, 3.8) is 0 Å². The molecule has 1 aromatic carbocycles. The van der Waals surface area contributed by atoms with Crippen LogP contribution in [-0.2, 0) is 4.79 Å². The summed E-state index contributed by atoms with van der Waals surface area (Å²) in [5, 5.41) is 6.73. The first kappa shape index (κ1) is 18.4. The molecule has 1 saturated heterocycles. The molecule has 2 aromatic rings. The molecule has 26 heavy (non-hydrogen) atoms. The van der Waals surface area contributed by atoms with Crippen molar-refractivity contribution in [3.05, 3.63) is 64.4 Å². The molecule has 0 saturated carbocycles. The Morgan fingerprint density at radius 2 is 1.85 bits per heavy atom. The van der Waals surface area contributed by atoms with E-state index in [1.807, 2.05) is 58.1 Å². The van der Waals surface area contributed by atoms with Gasteiger partial charge in [-0.2, -0.15) is 11.3 Å². The van der Waals surface area contributed by atoms with E-state index in [0.29, 0.717) is 6.54 Å². The molecule has 0 radical (unpaired) electrons. The minimum absolute atomic E-state index is 0.0832. The number of carbonyl (C=O) groups is 2. The molecule has 0 atom stereocenters. The molecule has 6 heteroatoms. The first-order valence-electron chi connectivity index (χ1n) is 8.77. The van der Waals surface area contributed by atoms with Gasteiger partial charge in [-0.15, -0.1) is 0 Å². The first-order chi connectivity index (χ1) is 12.7. The van der Waals surface area contributed by atoms with E-state index in [-0.39, 0.29) is 11.8 Å². The molecule has 1 aliphatic heterocycles. The molecule has 0 aliphatic carbocycles. The highest BCUT2D eigenvalue weighted by Crippen LogP contribution is 2.11. The maximum Gasteiger partial charge on any atom is 0.254 e. The lowest BCUT2D eigenvalue weighted by Gasteiger charge is -2.34. The first-order valence-corrected chi connectivity index (χ1v) is 9.71. The second-order valence-electron chi connectivity index (χ2n) is 6.18. The minimum Gasteiger partial charge on any atom is -0.351 e. The van der Waals surface area contributed by atoms with Gasteiger partial charge in [0.15, 0.2) is 0 Å². The fourth-order valence-corrected chi connectivity index (χ4v) is 3.51. The van der Waals surface area contributed by atoms with Crippen LogP contribution in [0, 0.1) is 0 Å². The third kappa shape index (κ3) is 5.28. The normalized spacial score (nSPS) is 15.3. The van der Waals surface area contributed by atoms with Gasteiger partial charge in [-0.3, -0.25) is 14.5 Å². The Kier molecular flexibility index (Phi) is 6.57. The quantitative estimate of drug-likeness (QED) is 0.795. The number of amides is 2. The zero-order valence-corrected chi connectivity index (χ0v) is 15.5. The highest BCUT2D eigenvalue weighted by Gasteiger charge is 2.21. The molecule has 3 rings (SSSR count). The van der Waals surface area contributed by atoms with Crippen molar-refractivity contribution < 1.29 is 9.59 Å². The molecule has 5 nitrogen and oxygen atoms in total. The van der Waals surface area contributed by atoms with Gasteiger partial charge < -0.3 is 10.2 Å².